The molecule has 0 fully saturated rings. The lowest BCUT2D eigenvalue weighted by molar-refractivity contribution is 0.312. The van der Waals surface area contributed by atoms with Gasteiger partial charge in [-0.2, -0.15) is 0 Å². The first-order valence-corrected chi connectivity index (χ1v) is 0.383. The lowest BCUT2D eigenvalue weighted by Crippen LogP contribution is -1.25. The maximum absolute atomic E-state index is 8.11. The van der Waals surface area contributed by atoms with Crippen LogP contribution < -0.4 is 0 Å². The molecule has 0 heterocycles. The van der Waals surface area contributed by atoms with Crippen LogP contribution in [0.3, 0.4) is 0 Å². The number of nitrogens with zero attached hydrogens (tertiary/aromatic N) is 1. The maximum atomic E-state index is 8.11. The van der Waals surface area contributed by atoms with Crippen molar-refractivity contribution in [2.24, 2.45) is 5.34 Å². The Bertz CT molecular complexity index is 13.5. The first-order valence-electron chi connectivity index (χ1n) is 0.383. The van der Waals surface area contributed by atoms with Crippen molar-refractivity contribution in [2.45, 2.75) is 0 Å². The van der Waals surface area contributed by atoms with Crippen LogP contribution >= 0.6 is 0 Å². The first-order chi connectivity index (χ1) is 1.41. The molecule has 3 nitrogen and oxygen atoms in total. The van der Waals surface area contributed by atoms with E-state index in [2.05, 4.69) is 0 Å². The van der Waals surface area contributed by atoms with Crippen molar-refractivity contribution in [3.8, 4) is 0 Å². The summed E-state index contributed by atoms with van der Waals surface area (Å²) in [6.45, 7) is 0. The zero-order valence-corrected chi connectivity index (χ0v) is 3.03. The Morgan fingerprint density at radius 3 is 1.75 bits per heavy atom. The molecule has 0 bridgehead atoms. The van der Waals surface area contributed by atoms with E-state index in [1.54, 1.807) is 0 Å². The summed E-state index contributed by atoms with van der Waals surface area (Å²) in [4.78, 5) is 8.11. The van der Waals surface area contributed by atoms with E-state index in [0.29, 0.717) is 0 Å². The molecule has 3 radical (unpaired) electrons. The third-order valence-corrected chi connectivity index (χ3v) is 0. The monoisotopic (exact) mass is 74.0 g/mol. The van der Waals surface area contributed by atoms with Gasteiger partial charge in [-0.15, -0.1) is 4.91 Å². The van der Waals surface area contributed by atoms with Gasteiger partial charge in [0.25, 0.3) is 0 Å². The van der Waals surface area contributed by atoms with E-state index in [1.807, 2.05) is 0 Å². The minimum absolute atomic E-state index is 0. The Balaban J connectivity index is 0. The van der Waals surface area contributed by atoms with Crippen molar-refractivity contribution >= 4 is 17.4 Å². The first kappa shape index (κ1) is 9.06. The van der Waals surface area contributed by atoms with Crippen molar-refractivity contribution in [3.05, 3.63) is 4.91 Å². The highest BCUT2D eigenvalue weighted by Gasteiger charge is 1.18. The summed E-state index contributed by atoms with van der Waals surface area (Å²) in [5.74, 6) is 0. The summed E-state index contributed by atoms with van der Waals surface area (Å²) < 4.78 is 0. The molecule has 0 unspecified atom stereocenters. The van der Waals surface area contributed by atoms with Gasteiger partial charge >= 0.3 is 0 Å². The van der Waals surface area contributed by atoms with E-state index in [0.717, 1.165) is 0 Å². The Labute approximate surface area is 33.7 Å². The van der Waals surface area contributed by atoms with Crippen molar-refractivity contribution in [1.29, 1.82) is 0 Å². The van der Waals surface area contributed by atoms with Gasteiger partial charge in [-0.05, 0) is 0 Å². The highest BCUT2D eigenvalue weighted by atomic mass is 27.0. The summed E-state index contributed by atoms with van der Waals surface area (Å²) in [6, 6.07) is 0. The SMILES string of the molecule is O=NO.[Al]. The fraction of sp³-hybridized carbons (Fsp3) is 0. The number of hydrogen-bond donors (Lipinski definition) is 1. The highest BCUT2D eigenvalue weighted by Crippen LogP contribution is 1.25. The third kappa shape index (κ3) is 368. The van der Waals surface area contributed by atoms with E-state index < -0.39 is 0 Å². The van der Waals surface area contributed by atoms with Gasteiger partial charge in [-0.25, -0.2) is 0 Å². The normalized spacial score (nSPS) is 3.00. The second-order valence-electron chi connectivity index (χ2n) is 0.0816. The van der Waals surface area contributed by atoms with Crippen LogP contribution in [0.25, 0.3) is 0 Å². The van der Waals surface area contributed by atoms with Gasteiger partial charge in [0.2, 0.25) is 0 Å². The minimum Gasteiger partial charge on any atom is -0.379 e. The largest absolute Gasteiger partial charge is 0.379 e. The molecule has 0 aliphatic heterocycles. The molecular formula is HAlNO2. The Kier molecular flexibility index (Phi) is 28.5. The highest BCUT2D eigenvalue weighted by molar-refractivity contribution is 5.75. The van der Waals surface area contributed by atoms with Crippen LogP contribution in [0.2, 0.25) is 0 Å². The molecule has 0 saturated heterocycles. The quantitative estimate of drug-likeness (QED) is 0.245. The molecule has 0 amide bonds. The van der Waals surface area contributed by atoms with Gasteiger partial charge in [0.05, 0.1) is 0 Å². The smallest absolute Gasteiger partial charge is 0.152 e. The van der Waals surface area contributed by atoms with Gasteiger partial charge < -0.3 is 5.21 Å². The molecule has 0 atom stereocenters. The van der Waals surface area contributed by atoms with Crippen molar-refractivity contribution < 1.29 is 5.21 Å². The van der Waals surface area contributed by atoms with Crippen LogP contribution in [0.4, 0.5) is 0 Å². The van der Waals surface area contributed by atoms with Crippen LogP contribution in [0.1, 0.15) is 0 Å². The lowest BCUT2D eigenvalue weighted by atomic mass is 13.4. The van der Waals surface area contributed by atoms with E-state index in [9.17, 15) is 0 Å². The molecule has 0 aromatic carbocycles. The minimum atomic E-state index is 0. The molecular weight excluding hydrogens is 73.0 g/mol. The predicted octanol–water partition coefficient (Wildman–Crippen LogP) is -0.239. The fourth-order valence-electron chi connectivity index (χ4n) is 0. The van der Waals surface area contributed by atoms with Crippen molar-refractivity contribution in [3.63, 3.8) is 0 Å². The van der Waals surface area contributed by atoms with Gasteiger partial charge in [0.15, 0.2) is 5.34 Å². The van der Waals surface area contributed by atoms with Crippen molar-refractivity contribution in [1.82, 2.24) is 0 Å². The number of rotatable bonds is 0. The van der Waals surface area contributed by atoms with Crippen LogP contribution in [-0.2, 0) is 0 Å². The van der Waals surface area contributed by atoms with E-state index >= 15 is 0 Å². The summed E-state index contributed by atoms with van der Waals surface area (Å²) >= 11 is 0. The van der Waals surface area contributed by atoms with Crippen LogP contribution in [0.5, 0.6) is 0 Å². The zero-order chi connectivity index (χ0) is 2.71. The average Bonchev–Trinajstić information content (AvgIpc) is 0.918. The standard InChI is InChI=1S/Al.HNO2/c;2-1-3/h;(H,2,3). The van der Waals surface area contributed by atoms with E-state index in [1.165, 1.54) is 5.34 Å². The molecule has 0 rings (SSSR count). The van der Waals surface area contributed by atoms with E-state index in [4.69, 9.17) is 10.1 Å². The third-order valence-electron chi connectivity index (χ3n) is 0. The van der Waals surface area contributed by atoms with Crippen LogP contribution in [0, 0.1) is 4.91 Å². The Morgan fingerprint density at radius 1 is 1.75 bits per heavy atom. The van der Waals surface area contributed by atoms with Gasteiger partial charge in [0, 0.05) is 17.4 Å². The van der Waals surface area contributed by atoms with Crippen LogP contribution in [0.15, 0.2) is 5.34 Å². The molecule has 0 aliphatic carbocycles. The molecule has 0 aliphatic rings. The zero-order valence-electron chi connectivity index (χ0n) is 1.88. The lowest BCUT2D eigenvalue weighted by Gasteiger charge is -1.32. The molecule has 0 saturated carbocycles. The second-order valence-corrected chi connectivity index (χ2v) is 0.0816. The Morgan fingerprint density at radius 2 is 1.75 bits per heavy atom. The van der Waals surface area contributed by atoms with Crippen LogP contribution in [-0.4, -0.2) is 22.6 Å². The maximum Gasteiger partial charge on any atom is 0.152 e. The summed E-state index contributed by atoms with van der Waals surface area (Å²) in [5, 5.41) is 7.89. The van der Waals surface area contributed by atoms with Gasteiger partial charge in [0.1, 0.15) is 0 Å². The molecule has 0 aromatic heterocycles. The van der Waals surface area contributed by atoms with Gasteiger partial charge in [-0.3, -0.25) is 0 Å². The molecule has 0 spiro atoms. The van der Waals surface area contributed by atoms with Gasteiger partial charge in [-0.1, -0.05) is 0 Å². The predicted molar refractivity (Wildman–Crippen MR) is 13.3 cm³/mol. The summed E-state index contributed by atoms with van der Waals surface area (Å²) in [7, 11) is 0. The number of hydrogen-bond acceptors (Lipinski definition) is 2. The van der Waals surface area contributed by atoms with Crippen molar-refractivity contribution in [2.75, 3.05) is 0 Å². The summed E-state index contributed by atoms with van der Waals surface area (Å²) in [5.41, 5.74) is 0. The fourth-order valence-corrected chi connectivity index (χ4v) is 0. The van der Waals surface area contributed by atoms with E-state index in [-0.39, 0.29) is 17.4 Å². The molecule has 4 heavy (non-hydrogen) atoms. The summed E-state index contributed by atoms with van der Waals surface area (Å²) in [6.07, 6.45) is 0. The topological polar surface area (TPSA) is 49.7 Å². The second kappa shape index (κ2) is 12.6. The molecule has 1 N–H and O–H groups in total. The average molecular weight is 74.0 g/mol. The molecule has 4 heteroatoms. The Hall–Kier alpha value is -0.0675. The molecule has 21 valence electrons. The molecule has 0 aromatic rings.